The first-order chi connectivity index (χ1) is 7.67. The van der Waals surface area contributed by atoms with Crippen molar-refractivity contribution >= 4 is 5.78 Å². The molecule has 0 heterocycles. The molecule has 3 nitrogen and oxygen atoms in total. The largest absolute Gasteiger partial charge is 0.494 e. The summed E-state index contributed by atoms with van der Waals surface area (Å²) in [5.41, 5.74) is 0.794. The summed E-state index contributed by atoms with van der Waals surface area (Å²) in [6, 6.07) is 4.75. The second kappa shape index (κ2) is 6.23. The van der Waals surface area contributed by atoms with Crippen molar-refractivity contribution in [3.05, 3.63) is 29.6 Å². The van der Waals surface area contributed by atoms with Crippen LogP contribution in [0.3, 0.4) is 0 Å². The molecule has 0 bridgehead atoms. The van der Waals surface area contributed by atoms with Crippen molar-refractivity contribution in [3.8, 4) is 5.75 Å². The maximum atomic E-state index is 13.3. The van der Waals surface area contributed by atoms with E-state index in [0.717, 1.165) is 5.56 Å². The first kappa shape index (κ1) is 12.6. The normalized spacial score (nSPS) is 10.2. The number of ether oxygens (including phenoxy) is 1. The minimum atomic E-state index is -0.386. The van der Waals surface area contributed by atoms with Gasteiger partial charge in [-0.2, -0.15) is 0 Å². The Hall–Kier alpha value is -1.42. The molecule has 0 fully saturated rings. The van der Waals surface area contributed by atoms with Gasteiger partial charge in [-0.15, -0.1) is 0 Å². The second-order valence-corrected chi connectivity index (χ2v) is 3.46. The topological polar surface area (TPSA) is 38.3 Å². The Kier molecular flexibility index (Phi) is 4.92. The number of ketones is 1. The van der Waals surface area contributed by atoms with Gasteiger partial charge in [0.05, 0.1) is 13.7 Å². The maximum Gasteiger partial charge on any atom is 0.165 e. The predicted octanol–water partition coefficient (Wildman–Crippen LogP) is 1.90. The summed E-state index contributed by atoms with van der Waals surface area (Å²) in [6.45, 7) is 2.62. The van der Waals surface area contributed by atoms with Crippen molar-refractivity contribution in [1.29, 1.82) is 0 Å². The summed E-state index contributed by atoms with van der Waals surface area (Å²) in [7, 11) is 1.43. The van der Waals surface area contributed by atoms with E-state index >= 15 is 0 Å². The summed E-state index contributed by atoms with van der Waals surface area (Å²) in [4.78, 5) is 11.0. The molecule has 0 atom stereocenters. The average molecular weight is 225 g/mol. The molecular formula is C12H16FNO2. The molecule has 0 amide bonds. The van der Waals surface area contributed by atoms with Gasteiger partial charge in [-0.05, 0) is 17.7 Å². The van der Waals surface area contributed by atoms with E-state index in [9.17, 15) is 9.18 Å². The van der Waals surface area contributed by atoms with E-state index in [1.54, 1.807) is 12.1 Å². The second-order valence-electron chi connectivity index (χ2n) is 3.46. The summed E-state index contributed by atoms with van der Waals surface area (Å²) in [5.74, 6) is -0.00835. The number of hydrogen-bond donors (Lipinski definition) is 1. The lowest BCUT2D eigenvalue weighted by Gasteiger charge is -2.06. The molecule has 0 aliphatic rings. The monoisotopic (exact) mass is 225 g/mol. The Morgan fingerprint density at radius 1 is 1.50 bits per heavy atom. The van der Waals surface area contributed by atoms with E-state index in [4.69, 9.17) is 4.74 Å². The fourth-order valence-corrected chi connectivity index (χ4v) is 1.29. The minimum absolute atomic E-state index is 0.147. The number of carbonyl (C=O) groups excluding carboxylic acids is 1. The highest BCUT2D eigenvalue weighted by molar-refractivity contribution is 5.80. The molecule has 1 aromatic rings. The summed E-state index contributed by atoms with van der Waals surface area (Å²) >= 11 is 0. The van der Waals surface area contributed by atoms with E-state index in [0.29, 0.717) is 19.5 Å². The van der Waals surface area contributed by atoms with Crippen LogP contribution in [0.5, 0.6) is 5.75 Å². The van der Waals surface area contributed by atoms with E-state index < -0.39 is 0 Å². The lowest BCUT2D eigenvalue weighted by atomic mass is 10.2. The molecule has 0 spiro atoms. The van der Waals surface area contributed by atoms with E-state index in [-0.39, 0.29) is 17.3 Å². The summed E-state index contributed by atoms with van der Waals surface area (Å²) in [6.07, 6.45) is 0.518. The zero-order valence-corrected chi connectivity index (χ0v) is 9.55. The number of rotatable bonds is 6. The average Bonchev–Trinajstić information content (AvgIpc) is 2.29. The third-order valence-electron chi connectivity index (χ3n) is 2.26. The highest BCUT2D eigenvalue weighted by Gasteiger charge is 2.03. The van der Waals surface area contributed by atoms with Gasteiger partial charge in [-0.3, -0.25) is 4.79 Å². The van der Waals surface area contributed by atoms with Gasteiger partial charge in [0.2, 0.25) is 0 Å². The fourth-order valence-electron chi connectivity index (χ4n) is 1.29. The molecular weight excluding hydrogens is 209 g/mol. The quantitative estimate of drug-likeness (QED) is 0.803. The van der Waals surface area contributed by atoms with Crippen molar-refractivity contribution in [3.63, 3.8) is 0 Å². The molecule has 1 aromatic carbocycles. The van der Waals surface area contributed by atoms with Crippen LogP contribution < -0.4 is 10.1 Å². The minimum Gasteiger partial charge on any atom is -0.494 e. The van der Waals surface area contributed by atoms with Gasteiger partial charge >= 0.3 is 0 Å². The number of methoxy groups -OCH3 is 1. The highest BCUT2D eigenvalue weighted by Crippen LogP contribution is 2.17. The molecule has 1 rings (SSSR count). The van der Waals surface area contributed by atoms with Crippen LogP contribution in [0.15, 0.2) is 18.2 Å². The van der Waals surface area contributed by atoms with Crippen molar-refractivity contribution in [2.75, 3.05) is 13.7 Å². The van der Waals surface area contributed by atoms with Crippen molar-refractivity contribution in [2.45, 2.75) is 19.9 Å². The molecule has 0 aliphatic carbocycles. The van der Waals surface area contributed by atoms with Crippen LogP contribution >= 0.6 is 0 Å². The zero-order chi connectivity index (χ0) is 12.0. The van der Waals surface area contributed by atoms with Gasteiger partial charge in [-0.25, -0.2) is 4.39 Å². The van der Waals surface area contributed by atoms with E-state index in [1.807, 2.05) is 6.92 Å². The van der Waals surface area contributed by atoms with Crippen LogP contribution in [-0.2, 0) is 11.3 Å². The van der Waals surface area contributed by atoms with Crippen molar-refractivity contribution < 1.29 is 13.9 Å². The van der Waals surface area contributed by atoms with Crippen molar-refractivity contribution in [1.82, 2.24) is 5.32 Å². The number of hydrogen-bond acceptors (Lipinski definition) is 3. The van der Waals surface area contributed by atoms with Gasteiger partial charge in [0.25, 0.3) is 0 Å². The van der Waals surface area contributed by atoms with Gasteiger partial charge in [-0.1, -0.05) is 13.0 Å². The van der Waals surface area contributed by atoms with Crippen LogP contribution in [0.25, 0.3) is 0 Å². The summed E-state index contributed by atoms with van der Waals surface area (Å²) in [5, 5.41) is 2.96. The van der Waals surface area contributed by atoms with Crippen LogP contribution in [-0.4, -0.2) is 19.4 Å². The smallest absolute Gasteiger partial charge is 0.165 e. The fraction of sp³-hybridized carbons (Fsp3) is 0.417. The standard InChI is InChI=1S/C12H16FNO2/c1-3-10(15)8-14-7-9-4-5-12(16-2)11(13)6-9/h4-6,14H,3,7-8H2,1-2H3. The molecule has 0 unspecified atom stereocenters. The van der Waals surface area contributed by atoms with E-state index in [2.05, 4.69) is 5.32 Å². The molecule has 4 heteroatoms. The SMILES string of the molecule is CCC(=O)CNCc1ccc(OC)c(F)c1. The third kappa shape index (κ3) is 3.62. The lowest BCUT2D eigenvalue weighted by molar-refractivity contribution is -0.117. The van der Waals surface area contributed by atoms with Crippen LogP contribution in [0.4, 0.5) is 4.39 Å². The first-order valence-corrected chi connectivity index (χ1v) is 5.22. The Morgan fingerprint density at radius 3 is 2.81 bits per heavy atom. The molecule has 16 heavy (non-hydrogen) atoms. The molecule has 1 N–H and O–H groups in total. The molecule has 0 aromatic heterocycles. The number of carbonyl (C=O) groups is 1. The Morgan fingerprint density at radius 2 is 2.25 bits per heavy atom. The predicted molar refractivity (Wildman–Crippen MR) is 60.0 cm³/mol. The Bertz CT molecular complexity index is 366. The maximum absolute atomic E-state index is 13.3. The van der Waals surface area contributed by atoms with Crippen LogP contribution in [0.1, 0.15) is 18.9 Å². The van der Waals surface area contributed by atoms with Crippen LogP contribution in [0, 0.1) is 5.82 Å². The molecule has 0 saturated heterocycles. The number of Topliss-reactive ketones (excluding diaryl/α,β-unsaturated/α-hetero) is 1. The zero-order valence-electron chi connectivity index (χ0n) is 9.55. The van der Waals surface area contributed by atoms with Gasteiger partial charge in [0.15, 0.2) is 11.6 Å². The summed E-state index contributed by atoms with van der Waals surface area (Å²) < 4.78 is 18.1. The van der Waals surface area contributed by atoms with Gasteiger partial charge in [0, 0.05) is 13.0 Å². The number of benzene rings is 1. The highest BCUT2D eigenvalue weighted by atomic mass is 19.1. The Balaban J connectivity index is 2.49. The Labute approximate surface area is 94.6 Å². The number of halogens is 1. The van der Waals surface area contributed by atoms with Crippen molar-refractivity contribution in [2.24, 2.45) is 0 Å². The molecule has 0 aliphatic heterocycles. The molecule has 0 saturated carbocycles. The van der Waals surface area contributed by atoms with E-state index in [1.165, 1.54) is 13.2 Å². The third-order valence-corrected chi connectivity index (χ3v) is 2.26. The van der Waals surface area contributed by atoms with Gasteiger partial charge < -0.3 is 10.1 Å². The molecule has 88 valence electrons. The first-order valence-electron chi connectivity index (χ1n) is 5.22. The molecule has 0 radical (unpaired) electrons. The number of nitrogens with one attached hydrogen (secondary N) is 1. The lowest BCUT2D eigenvalue weighted by Crippen LogP contribution is -2.21. The van der Waals surface area contributed by atoms with Crippen LogP contribution in [0.2, 0.25) is 0 Å². The van der Waals surface area contributed by atoms with Gasteiger partial charge in [0.1, 0.15) is 5.78 Å².